The first-order chi connectivity index (χ1) is 6.36. The summed E-state index contributed by atoms with van der Waals surface area (Å²) in [7, 11) is 0. The molecule has 1 heterocycles. The molecule has 13 heavy (non-hydrogen) atoms. The van der Waals surface area contributed by atoms with Gasteiger partial charge >= 0.3 is 12.0 Å². The predicted octanol–water partition coefficient (Wildman–Crippen LogP) is 1.67. The molecule has 1 aliphatic heterocycles. The molecular formula is C11H10O2+2. The molecule has 0 aromatic rings. The molecule has 2 heteroatoms. The average molecular weight is 174 g/mol. The van der Waals surface area contributed by atoms with Crippen molar-refractivity contribution in [3.05, 3.63) is 42.1 Å². The third kappa shape index (κ3) is 1.78. The Kier molecular flexibility index (Phi) is 2.13. The Balaban J connectivity index is 2.28. The third-order valence-corrected chi connectivity index (χ3v) is 2.03. The fourth-order valence-corrected chi connectivity index (χ4v) is 1.33. The zero-order valence-corrected chi connectivity index (χ0v) is 7.19. The van der Waals surface area contributed by atoms with Crippen molar-refractivity contribution in [2.24, 2.45) is 0 Å². The minimum Gasteiger partial charge on any atom is -0.285 e. The van der Waals surface area contributed by atoms with Gasteiger partial charge in [0.25, 0.3) is 5.78 Å². The number of allylic oxidation sites excluding steroid dienone is 6. The van der Waals surface area contributed by atoms with Crippen LogP contribution in [0.3, 0.4) is 0 Å². The molecule has 2 aliphatic rings. The highest BCUT2D eigenvalue weighted by molar-refractivity contribution is 6.25. The van der Waals surface area contributed by atoms with Gasteiger partial charge in [-0.15, -0.1) is 0 Å². The van der Waals surface area contributed by atoms with Crippen molar-refractivity contribution in [3.8, 4) is 0 Å². The Bertz CT molecular complexity index is 329. The standard InChI is InChI=1S/C11H10O2/c12-10-6-7-11(13-8-10)9-4-2-1-3-5-9/h1-5,8H,6-7H2/q+2. The fraction of sp³-hybridized carbons (Fsp3) is 0.182. The lowest BCUT2D eigenvalue weighted by atomic mass is 10.0. The van der Waals surface area contributed by atoms with E-state index in [-0.39, 0.29) is 5.78 Å². The normalized spacial score (nSPS) is 20.8. The van der Waals surface area contributed by atoms with Crippen LogP contribution in [0.1, 0.15) is 12.8 Å². The number of carbonyl (C=O) groups excluding carboxylic acids is 2. The molecule has 0 bridgehead atoms. The molecule has 0 amide bonds. The van der Waals surface area contributed by atoms with Gasteiger partial charge in [0.2, 0.25) is 0 Å². The van der Waals surface area contributed by atoms with Gasteiger partial charge in [-0.1, -0.05) is 0 Å². The van der Waals surface area contributed by atoms with Crippen LogP contribution in [-0.4, -0.2) is 12.1 Å². The largest absolute Gasteiger partial charge is 0.363 e. The molecule has 1 aliphatic carbocycles. The lowest BCUT2D eigenvalue weighted by Crippen LogP contribution is -2.09. The average Bonchev–Trinajstić information content (AvgIpc) is 2.20. The Labute approximate surface area is 77.0 Å². The van der Waals surface area contributed by atoms with Crippen molar-refractivity contribution in [3.63, 3.8) is 0 Å². The second-order valence-corrected chi connectivity index (χ2v) is 2.99. The van der Waals surface area contributed by atoms with E-state index in [1.54, 1.807) is 0 Å². The summed E-state index contributed by atoms with van der Waals surface area (Å²) in [4.78, 5) is 10.8. The predicted molar refractivity (Wildman–Crippen MR) is 49.9 cm³/mol. The van der Waals surface area contributed by atoms with Crippen molar-refractivity contribution < 1.29 is 9.22 Å². The molecule has 0 aromatic carbocycles. The number of hydrogen-bond acceptors (Lipinski definition) is 1. The zero-order chi connectivity index (χ0) is 9.10. The van der Waals surface area contributed by atoms with Gasteiger partial charge in [-0.3, -0.25) is 4.79 Å². The van der Waals surface area contributed by atoms with Gasteiger partial charge in [-0.05, 0) is 0 Å². The van der Waals surface area contributed by atoms with Gasteiger partial charge in [0.05, 0.1) is 18.6 Å². The maximum Gasteiger partial charge on any atom is 0.363 e. The van der Waals surface area contributed by atoms with Crippen molar-refractivity contribution >= 4 is 12.1 Å². The van der Waals surface area contributed by atoms with E-state index in [9.17, 15) is 4.79 Å². The molecule has 0 radical (unpaired) electrons. The number of Topliss-reactive ketones (excluding diaryl/α,β-unsaturated/α-hetero) is 1. The molecule has 0 fully saturated rings. The summed E-state index contributed by atoms with van der Waals surface area (Å²) < 4.78 is 5.22. The van der Waals surface area contributed by atoms with Crippen molar-refractivity contribution in [1.29, 1.82) is 0 Å². The van der Waals surface area contributed by atoms with Gasteiger partial charge in [-0.2, -0.15) is 0 Å². The van der Waals surface area contributed by atoms with E-state index >= 15 is 0 Å². The highest BCUT2D eigenvalue weighted by Gasteiger charge is 2.25. The Morgan fingerprint density at radius 2 is 2.00 bits per heavy atom. The van der Waals surface area contributed by atoms with Crippen molar-refractivity contribution in [2.45, 2.75) is 12.8 Å². The van der Waals surface area contributed by atoms with E-state index in [4.69, 9.17) is 4.42 Å². The van der Waals surface area contributed by atoms with E-state index in [1.807, 2.05) is 30.7 Å². The first-order valence-electron chi connectivity index (χ1n) is 4.30. The summed E-state index contributed by atoms with van der Waals surface area (Å²) in [6.07, 6.45) is 12.4. The summed E-state index contributed by atoms with van der Waals surface area (Å²) in [6.45, 7) is 0. The summed E-state index contributed by atoms with van der Waals surface area (Å²) in [5.41, 5.74) is 1.06. The number of rotatable bonds is 0. The maximum absolute atomic E-state index is 10.8. The molecule has 0 atom stereocenters. The molecule has 0 spiro atoms. The van der Waals surface area contributed by atoms with Gasteiger partial charge in [0.1, 0.15) is 0 Å². The zero-order valence-electron chi connectivity index (χ0n) is 7.19. The molecule has 0 unspecified atom stereocenters. The van der Waals surface area contributed by atoms with Crippen LogP contribution in [0.15, 0.2) is 35.6 Å². The van der Waals surface area contributed by atoms with Crippen LogP contribution in [0, 0.1) is 6.42 Å². The lowest BCUT2D eigenvalue weighted by molar-refractivity contribution is -0.397. The van der Waals surface area contributed by atoms with Crippen LogP contribution in [0.2, 0.25) is 0 Å². The minimum absolute atomic E-state index is 0.0691. The second-order valence-electron chi connectivity index (χ2n) is 2.99. The van der Waals surface area contributed by atoms with Crippen LogP contribution in [-0.2, 0) is 9.22 Å². The molecule has 64 valence electrons. The van der Waals surface area contributed by atoms with E-state index in [0.717, 1.165) is 11.3 Å². The van der Waals surface area contributed by atoms with E-state index in [2.05, 4.69) is 0 Å². The molecule has 0 saturated heterocycles. The van der Waals surface area contributed by atoms with Crippen LogP contribution in [0.5, 0.6) is 0 Å². The van der Waals surface area contributed by atoms with Crippen LogP contribution >= 0.6 is 0 Å². The first kappa shape index (κ1) is 8.05. The van der Waals surface area contributed by atoms with Crippen molar-refractivity contribution in [2.75, 3.05) is 0 Å². The highest BCUT2D eigenvalue weighted by atomic mass is 16.4. The Morgan fingerprint density at radius 1 is 1.23 bits per heavy atom. The molecule has 2 rings (SSSR count). The molecule has 2 nitrogen and oxygen atoms in total. The molecular weight excluding hydrogens is 164 g/mol. The molecule has 0 aromatic heterocycles. The quantitative estimate of drug-likeness (QED) is 0.237. The second kappa shape index (κ2) is 3.44. The third-order valence-electron chi connectivity index (χ3n) is 2.03. The number of carbonyl (C=O) groups is 1. The van der Waals surface area contributed by atoms with Gasteiger partial charge in [0, 0.05) is 25.0 Å². The summed E-state index contributed by atoms with van der Waals surface area (Å²) in [5, 5.41) is 0. The lowest BCUT2D eigenvalue weighted by Gasteiger charge is -1.95. The SMILES string of the molecule is O=C1C=[O+]C(=C2C=C[CH+]C=C2)CC1. The highest BCUT2D eigenvalue weighted by Crippen LogP contribution is 2.18. The smallest absolute Gasteiger partial charge is 0.285 e. The number of ketones is 1. The molecule has 0 N–H and O–H groups in total. The number of aldehydes is 1. The maximum atomic E-state index is 10.8. The van der Waals surface area contributed by atoms with Crippen molar-refractivity contribution in [1.82, 2.24) is 0 Å². The van der Waals surface area contributed by atoms with Gasteiger partial charge < -0.3 is 0 Å². The van der Waals surface area contributed by atoms with E-state index < -0.39 is 0 Å². The Morgan fingerprint density at radius 3 is 2.62 bits per heavy atom. The van der Waals surface area contributed by atoms with Crippen LogP contribution in [0.25, 0.3) is 0 Å². The first-order valence-corrected chi connectivity index (χ1v) is 4.30. The fourth-order valence-electron chi connectivity index (χ4n) is 1.33. The van der Waals surface area contributed by atoms with Gasteiger partial charge in [-0.25, -0.2) is 4.42 Å². The molecule has 0 saturated carbocycles. The topological polar surface area (TPSA) is 28.4 Å². The monoisotopic (exact) mass is 174 g/mol. The summed E-state index contributed by atoms with van der Waals surface area (Å²) >= 11 is 0. The van der Waals surface area contributed by atoms with E-state index in [0.29, 0.717) is 12.8 Å². The number of hydrogen-bond donors (Lipinski definition) is 0. The summed E-state index contributed by atoms with van der Waals surface area (Å²) in [5.74, 6) is 0.958. The van der Waals surface area contributed by atoms with Crippen LogP contribution < -0.4 is 0 Å². The van der Waals surface area contributed by atoms with Crippen LogP contribution in [0.4, 0.5) is 0 Å². The van der Waals surface area contributed by atoms with E-state index in [1.165, 1.54) is 6.29 Å². The Hall–Kier alpha value is -1.57. The minimum atomic E-state index is 0.0691. The summed E-state index contributed by atoms with van der Waals surface area (Å²) in [6, 6.07) is 0. The van der Waals surface area contributed by atoms with Gasteiger partial charge in [0.15, 0.2) is 5.57 Å².